The summed E-state index contributed by atoms with van der Waals surface area (Å²) in [6.07, 6.45) is 0. The molecule has 0 spiro atoms. The molecule has 5 heteroatoms. The van der Waals surface area contributed by atoms with Crippen LogP contribution in [0.5, 0.6) is 5.75 Å². The number of amides is 1. The maximum atomic E-state index is 12.9. The first-order valence-corrected chi connectivity index (χ1v) is 8.92. The minimum Gasteiger partial charge on any atom is -0.497 e. The Hall–Kier alpha value is -1.59. The molecule has 0 aliphatic heterocycles. The molecule has 0 saturated carbocycles. The smallest absolute Gasteiger partial charge is 0.243 e. The highest BCUT2D eigenvalue weighted by Gasteiger charge is 2.26. The Morgan fingerprint density at radius 2 is 1.75 bits per heavy atom. The van der Waals surface area contributed by atoms with Crippen LogP contribution in [0, 0.1) is 6.92 Å². The quantitative estimate of drug-likeness (QED) is 0.714. The Morgan fingerprint density at radius 3 is 2.21 bits per heavy atom. The molecule has 136 valence electrons. The predicted molar refractivity (Wildman–Crippen MR) is 101 cm³/mol. The fourth-order valence-electron chi connectivity index (χ4n) is 2.87. The van der Waals surface area contributed by atoms with E-state index in [0.717, 1.165) is 49.7 Å². The first-order valence-electron chi connectivity index (χ1n) is 8.92. The van der Waals surface area contributed by atoms with Gasteiger partial charge in [-0.25, -0.2) is 0 Å². The van der Waals surface area contributed by atoms with Gasteiger partial charge in [0.2, 0.25) is 5.91 Å². The molecular formula is C19H33N3O2. The zero-order valence-corrected chi connectivity index (χ0v) is 16.1. The number of ether oxygens (including phenoxy) is 1. The van der Waals surface area contributed by atoms with Gasteiger partial charge < -0.3 is 15.0 Å². The van der Waals surface area contributed by atoms with Gasteiger partial charge in [0.15, 0.2) is 0 Å². The molecular weight excluding hydrogens is 302 g/mol. The maximum Gasteiger partial charge on any atom is 0.243 e. The van der Waals surface area contributed by atoms with Gasteiger partial charge >= 0.3 is 0 Å². The Morgan fingerprint density at radius 1 is 1.12 bits per heavy atom. The van der Waals surface area contributed by atoms with E-state index in [1.807, 2.05) is 25.1 Å². The standard InChI is InChI=1S/C19H33N3O2/c1-7-21(8-2)14-18(22(9-3)10-4)19(23)20-17-12-11-16(24-6)13-15(17)5/h11-13,18H,7-10,14H2,1-6H3,(H,20,23). The highest BCUT2D eigenvalue weighted by molar-refractivity contribution is 5.95. The number of benzene rings is 1. The number of likely N-dealkylation sites (N-methyl/N-ethyl adjacent to an activating group) is 2. The SMILES string of the molecule is CCN(CC)CC(C(=O)Nc1ccc(OC)cc1C)N(CC)CC. The van der Waals surface area contributed by atoms with Gasteiger partial charge in [0, 0.05) is 12.2 Å². The van der Waals surface area contributed by atoms with Crippen molar-refractivity contribution in [2.75, 3.05) is 45.2 Å². The minimum atomic E-state index is -0.151. The lowest BCUT2D eigenvalue weighted by atomic mass is 10.1. The first-order chi connectivity index (χ1) is 11.5. The summed E-state index contributed by atoms with van der Waals surface area (Å²) in [6.45, 7) is 14.8. The van der Waals surface area contributed by atoms with Crippen molar-refractivity contribution in [1.82, 2.24) is 9.80 Å². The van der Waals surface area contributed by atoms with Crippen LogP contribution in [0.4, 0.5) is 5.69 Å². The number of nitrogens with zero attached hydrogens (tertiary/aromatic N) is 2. The summed E-state index contributed by atoms with van der Waals surface area (Å²) in [7, 11) is 1.65. The highest BCUT2D eigenvalue weighted by Crippen LogP contribution is 2.21. The minimum absolute atomic E-state index is 0.0545. The van der Waals surface area contributed by atoms with E-state index in [2.05, 4.69) is 42.8 Å². The number of hydrogen-bond donors (Lipinski definition) is 1. The zero-order chi connectivity index (χ0) is 18.1. The van der Waals surface area contributed by atoms with Gasteiger partial charge in [0.1, 0.15) is 11.8 Å². The number of methoxy groups -OCH3 is 1. The lowest BCUT2D eigenvalue weighted by Crippen LogP contribution is -2.50. The summed E-state index contributed by atoms with van der Waals surface area (Å²) >= 11 is 0. The van der Waals surface area contributed by atoms with Gasteiger partial charge in [0.25, 0.3) is 0 Å². The Labute approximate surface area is 147 Å². The summed E-state index contributed by atoms with van der Waals surface area (Å²) < 4.78 is 5.23. The number of carbonyl (C=O) groups excluding carboxylic acids is 1. The number of nitrogens with one attached hydrogen (secondary N) is 1. The molecule has 0 fully saturated rings. The van der Waals surface area contributed by atoms with Crippen molar-refractivity contribution >= 4 is 11.6 Å². The molecule has 5 nitrogen and oxygen atoms in total. The molecule has 1 unspecified atom stereocenters. The van der Waals surface area contributed by atoms with Crippen molar-refractivity contribution in [2.45, 2.75) is 40.7 Å². The number of hydrogen-bond acceptors (Lipinski definition) is 4. The second-order valence-corrected chi connectivity index (χ2v) is 5.89. The Bertz CT molecular complexity index is 511. The number of rotatable bonds is 10. The van der Waals surface area contributed by atoms with Crippen LogP contribution in [-0.4, -0.2) is 61.6 Å². The number of carbonyl (C=O) groups is 1. The molecule has 0 heterocycles. The predicted octanol–water partition coefficient (Wildman–Crippen LogP) is 2.99. The van der Waals surface area contributed by atoms with Crippen molar-refractivity contribution in [3.05, 3.63) is 23.8 Å². The van der Waals surface area contributed by atoms with Crippen molar-refractivity contribution in [2.24, 2.45) is 0 Å². The highest BCUT2D eigenvalue weighted by atomic mass is 16.5. The summed E-state index contributed by atoms with van der Waals surface area (Å²) in [5.41, 5.74) is 1.85. The molecule has 1 aromatic rings. The molecule has 1 atom stereocenters. The third kappa shape index (κ3) is 5.49. The van der Waals surface area contributed by atoms with Crippen LogP contribution in [0.1, 0.15) is 33.3 Å². The third-order valence-corrected chi connectivity index (χ3v) is 4.57. The van der Waals surface area contributed by atoms with E-state index in [4.69, 9.17) is 4.74 Å². The lowest BCUT2D eigenvalue weighted by molar-refractivity contribution is -0.121. The molecule has 0 radical (unpaired) electrons. The van der Waals surface area contributed by atoms with Crippen molar-refractivity contribution in [3.63, 3.8) is 0 Å². The van der Waals surface area contributed by atoms with E-state index >= 15 is 0 Å². The monoisotopic (exact) mass is 335 g/mol. The van der Waals surface area contributed by atoms with Crippen LogP contribution >= 0.6 is 0 Å². The van der Waals surface area contributed by atoms with E-state index in [9.17, 15) is 4.79 Å². The van der Waals surface area contributed by atoms with Gasteiger partial charge in [-0.15, -0.1) is 0 Å². The third-order valence-electron chi connectivity index (χ3n) is 4.57. The largest absolute Gasteiger partial charge is 0.497 e. The average Bonchev–Trinajstić information content (AvgIpc) is 2.60. The molecule has 1 aromatic carbocycles. The van der Waals surface area contributed by atoms with E-state index in [-0.39, 0.29) is 11.9 Å². The normalized spacial score (nSPS) is 12.5. The second-order valence-electron chi connectivity index (χ2n) is 5.89. The summed E-state index contributed by atoms with van der Waals surface area (Å²) in [4.78, 5) is 17.4. The fraction of sp³-hybridized carbons (Fsp3) is 0.632. The van der Waals surface area contributed by atoms with Gasteiger partial charge in [-0.2, -0.15) is 0 Å². The number of aryl methyl sites for hydroxylation is 1. The lowest BCUT2D eigenvalue weighted by Gasteiger charge is -2.32. The molecule has 0 saturated heterocycles. The van der Waals surface area contributed by atoms with Crippen molar-refractivity contribution in [3.8, 4) is 5.75 Å². The zero-order valence-electron chi connectivity index (χ0n) is 16.1. The van der Waals surface area contributed by atoms with Gasteiger partial charge in [-0.05, 0) is 56.9 Å². The molecule has 1 rings (SSSR count). The Balaban J connectivity index is 2.94. The maximum absolute atomic E-state index is 12.9. The average molecular weight is 335 g/mol. The van der Waals surface area contributed by atoms with Gasteiger partial charge in [-0.3, -0.25) is 9.69 Å². The summed E-state index contributed by atoms with van der Waals surface area (Å²) in [5, 5.41) is 3.10. The van der Waals surface area contributed by atoms with E-state index in [1.54, 1.807) is 7.11 Å². The summed E-state index contributed by atoms with van der Waals surface area (Å²) in [6, 6.07) is 5.57. The van der Waals surface area contributed by atoms with Gasteiger partial charge in [0.05, 0.1) is 7.11 Å². The van der Waals surface area contributed by atoms with Crippen LogP contribution in [-0.2, 0) is 4.79 Å². The van der Waals surface area contributed by atoms with Crippen molar-refractivity contribution in [1.29, 1.82) is 0 Å². The molecule has 1 amide bonds. The van der Waals surface area contributed by atoms with Gasteiger partial charge in [-0.1, -0.05) is 27.7 Å². The van der Waals surface area contributed by atoms with E-state index in [1.165, 1.54) is 0 Å². The molecule has 24 heavy (non-hydrogen) atoms. The van der Waals surface area contributed by atoms with Crippen LogP contribution in [0.15, 0.2) is 18.2 Å². The fourth-order valence-corrected chi connectivity index (χ4v) is 2.87. The molecule has 0 aliphatic carbocycles. The van der Waals surface area contributed by atoms with E-state index < -0.39 is 0 Å². The van der Waals surface area contributed by atoms with E-state index in [0.29, 0.717) is 0 Å². The van der Waals surface area contributed by atoms with Crippen LogP contribution < -0.4 is 10.1 Å². The molecule has 0 aromatic heterocycles. The first kappa shape index (κ1) is 20.5. The van der Waals surface area contributed by atoms with Crippen LogP contribution in [0.2, 0.25) is 0 Å². The van der Waals surface area contributed by atoms with Crippen molar-refractivity contribution < 1.29 is 9.53 Å². The molecule has 0 bridgehead atoms. The molecule has 0 aliphatic rings. The molecule has 1 N–H and O–H groups in total. The number of anilines is 1. The second kappa shape index (κ2) is 10.3. The Kier molecular flexibility index (Phi) is 8.79. The summed E-state index contributed by atoms with van der Waals surface area (Å²) in [5.74, 6) is 0.854. The topological polar surface area (TPSA) is 44.8 Å². The van der Waals surface area contributed by atoms with Crippen LogP contribution in [0.25, 0.3) is 0 Å². The van der Waals surface area contributed by atoms with Crippen LogP contribution in [0.3, 0.4) is 0 Å².